The number of rotatable bonds is 0. The lowest BCUT2D eigenvalue weighted by atomic mass is 10.1. The largest absolute Gasteiger partial charge is 0.374 e. The highest BCUT2D eigenvalue weighted by molar-refractivity contribution is 5.58. The number of benzene rings is 1. The van der Waals surface area contributed by atoms with Crippen LogP contribution < -0.4 is 4.90 Å². The lowest BCUT2D eigenvalue weighted by Gasteiger charge is -2.11. The van der Waals surface area contributed by atoms with Crippen molar-refractivity contribution in [3.05, 3.63) is 29.3 Å². The fourth-order valence-electron chi connectivity index (χ4n) is 1.70. The number of anilines is 1. The molecule has 1 nitrogen and oxygen atoms in total. The first-order chi connectivity index (χ1) is 5.27. The van der Waals surface area contributed by atoms with Crippen molar-refractivity contribution < 1.29 is 0 Å². The van der Waals surface area contributed by atoms with Crippen molar-refractivity contribution in [3.63, 3.8) is 0 Å². The van der Waals surface area contributed by atoms with E-state index in [1.807, 2.05) is 0 Å². The molecule has 0 bridgehead atoms. The van der Waals surface area contributed by atoms with Crippen molar-refractivity contribution in [2.75, 3.05) is 18.5 Å². The van der Waals surface area contributed by atoms with Gasteiger partial charge in [-0.15, -0.1) is 0 Å². The van der Waals surface area contributed by atoms with Crippen molar-refractivity contribution in [2.45, 2.75) is 13.3 Å². The second kappa shape index (κ2) is 2.26. The van der Waals surface area contributed by atoms with Gasteiger partial charge in [0.2, 0.25) is 0 Å². The molecule has 1 aliphatic heterocycles. The first kappa shape index (κ1) is 6.71. The smallest absolute Gasteiger partial charge is 0.0397 e. The van der Waals surface area contributed by atoms with Gasteiger partial charge in [0.15, 0.2) is 0 Å². The van der Waals surface area contributed by atoms with Crippen LogP contribution in [0.2, 0.25) is 0 Å². The minimum absolute atomic E-state index is 1.18. The van der Waals surface area contributed by atoms with Crippen LogP contribution in [0.25, 0.3) is 0 Å². The van der Waals surface area contributed by atoms with Gasteiger partial charge in [0.25, 0.3) is 0 Å². The monoisotopic (exact) mass is 147 g/mol. The van der Waals surface area contributed by atoms with E-state index in [0.717, 1.165) is 0 Å². The number of fused-ring (bicyclic) bond motifs is 1. The Morgan fingerprint density at radius 2 is 2.18 bits per heavy atom. The third-order valence-electron chi connectivity index (χ3n) is 2.36. The van der Waals surface area contributed by atoms with Crippen LogP contribution in [0.3, 0.4) is 0 Å². The van der Waals surface area contributed by atoms with Gasteiger partial charge in [-0.05, 0) is 25.0 Å². The highest BCUT2D eigenvalue weighted by Crippen LogP contribution is 2.26. The van der Waals surface area contributed by atoms with E-state index >= 15 is 0 Å². The highest BCUT2D eigenvalue weighted by Gasteiger charge is 2.14. The Morgan fingerprint density at radius 3 is 3.00 bits per heavy atom. The Labute approximate surface area is 67.6 Å². The fourth-order valence-corrected chi connectivity index (χ4v) is 1.70. The van der Waals surface area contributed by atoms with E-state index in [1.165, 1.54) is 29.8 Å². The minimum atomic E-state index is 1.18. The maximum absolute atomic E-state index is 2.31. The number of hydrogen-bond donors (Lipinski definition) is 0. The zero-order valence-electron chi connectivity index (χ0n) is 7.09. The lowest BCUT2D eigenvalue weighted by Crippen LogP contribution is -2.12. The Hall–Kier alpha value is -0.980. The molecule has 0 aliphatic carbocycles. The van der Waals surface area contributed by atoms with E-state index in [-0.39, 0.29) is 0 Å². The molecule has 1 heterocycles. The van der Waals surface area contributed by atoms with Crippen LogP contribution in [0, 0.1) is 6.92 Å². The molecule has 11 heavy (non-hydrogen) atoms. The van der Waals surface area contributed by atoms with Crippen LogP contribution in [0.1, 0.15) is 11.1 Å². The summed E-state index contributed by atoms with van der Waals surface area (Å²) in [7, 11) is 2.15. The first-order valence-electron chi connectivity index (χ1n) is 4.08. The Kier molecular flexibility index (Phi) is 1.38. The molecule has 1 heteroatoms. The van der Waals surface area contributed by atoms with Gasteiger partial charge < -0.3 is 4.90 Å². The molecule has 0 saturated heterocycles. The lowest BCUT2D eigenvalue weighted by molar-refractivity contribution is 0.956. The van der Waals surface area contributed by atoms with Crippen LogP contribution in [0.4, 0.5) is 5.69 Å². The van der Waals surface area contributed by atoms with Gasteiger partial charge in [0.1, 0.15) is 0 Å². The summed E-state index contributed by atoms with van der Waals surface area (Å²) in [5.41, 5.74) is 4.29. The van der Waals surface area contributed by atoms with Crippen molar-refractivity contribution in [1.82, 2.24) is 0 Å². The summed E-state index contributed by atoms with van der Waals surface area (Å²) >= 11 is 0. The molecule has 0 radical (unpaired) electrons. The van der Waals surface area contributed by atoms with Crippen molar-refractivity contribution in [1.29, 1.82) is 0 Å². The number of nitrogens with zero attached hydrogens (tertiary/aromatic N) is 1. The average Bonchev–Trinajstić information content (AvgIpc) is 2.32. The number of hydrogen-bond acceptors (Lipinski definition) is 1. The molecule has 0 fully saturated rings. The molecule has 2 rings (SSSR count). The van der Waals surface area contributed by atoms with Gasteiger partial charge in [0, 0.05) is 19.3 Å². The molecule has 0 saturated carbocycles. The molecular weight excluding hydrogens is 134 g/mol. The molecule has 0 spiro atoms. The molecule has 0 amide bonds. The van der Waals surface area contributed by atoms with Gasteiger partial charge in [-0.2, -0.15) is 0 Å². The molecule has 0 atom stereocenters. The Balaban J connectivity index is 2.50. The van der Waals surface area contributed by atoms with Gasteiger partial charge in [0.05, 0.1) is 0 Å². The predicted octanol–water partition coefficient (Wildman–Crippen LogP) is 1.99. The predicted molar refractivity (Wildman–Crippen MR) is 48.2 cm³/mol. The summed E-state index contributed by atoms with van der Waals surface area (Å²) in [5.74, 6) is 0. The highest BCUT2D eigenvalue weighted by atomic mass is 15.1. The topological polar surface area (TPSA) is 3.24 Å². The van der Waals surface area contributed by atoms with Crippen LogP contribution in [-0.4, -0.2) is 13.6 Å². The second-order valence-electron chi connectivity index (χ2n) is 3.30. The van der Waals surface area contributed by atoms with E-state index in [1.54, 1.807) is 0 Å². The summed E-state index contributed by atoms with van der Waals surface area (Å²) in [6.45, 7) is 3.33. The minimum Gasteiger partial charge on any atom is -0.374 e. The van der Waals surface area contributed by atoms with E-state index in [0.29, 0.717) is 0 Å². The fraction of sp³-hybridized carbons (Fsp3) is 0.400. The van der Waals surface area contributed by atoms with Crippen LogP contribution in [0.5, 0.6) is 0 Å². The van der Waals surface area contributed by atoms with Gasteiger partial charge >= 0.3 is 0 Å². The van der Waals surface area contributed by atoms with Crippen LogP contribution in [0.15, 0.2) is 18.2 Å². The molecule has 1 aliphatic rings. The molecule has 58 valence electrons. The van der Waals surface area contributed by atoms with E-state index in [2.05, 4.69) is 37.1 Å². The van der Waals surface area contributed by atoms with Crippen molar-refractivity contribution >= 4 is 5.69 Å². The normalized spacial score (nSPS) is 15.3. The molecule has 0 unspecified atom stereocenters. The van der Waals surface area contributed by atoms with Crippen molar-refractivity contribution in [3.8, 4) is 0 Å². The average molecular weight is 147 g/mol. The van der Waals surface area contributed by atoms with Crippen LogP contribution in [-0.2, 0) is 6.42 Å². The maximum Gasteiger partial charge on any atom is 0.0397 e. The van der Waals surface area contributed by atoms with Gasteiger partial charge in [-0.3, -0.25) is 0 Å². The first-order valence-corrected chi connectivity index (χ1v) is 4.08. The summed E-state index contributed by atoms with van der Waals surface area (Å²) in [6, 6.07) is 6.69. The molecule has 1 aromatic carbocycles. The molecule has 0 aromatic heterocycles. The molecule has 1 aromatic rings. The van der Waals surface area contributed by atoms with E-state index in [9.17, 15) is 0 Å². The van der Waals surface area contributed by atoms with Gasteiger partial charge in [-0.1, -0.05) is 17.7 Å². The zero-order chi connectivity index (χ0) is 7.84. The summed E-state index contributed by atoms with van der Waals surface area (Å²) in [6.07, 6.45) is 1.22. The zero-order valence-corrected chi connectivity index (χ0v) is 7.09. The summed E-state index contributed by atoms with van der Waals surface area (Å²) < 4.78 is 0. The molecule has 0 N–H and O–H groups in total. The Bertz CT molecular complexity index is 278. The van der Waals surface area contributed by atoms with Crippen LogP contribution >= 0.6 is 0 Å². The standard InChI is InChI=1S/C10H13N/c1-8-3-4-10-9(7-8)5-6-11(10)2/h3-4,7H,5-6H2,1-2H3. The maximum atomic E-state index is 2.31. The van der Waals surface area contributed by atoms with E-state index < -0.39 is 0 Å². The van der Waals surface area contributed by atoms with Gasteiger partial charge in [-0.25, -0.2) is 0 Å². The van der Waals surface area contributed by atoms with E-state index in [4.69, 9.17) is 0 Å². The second-order valence-corrected chi connectivity index (χ2v) is 3.30. The number of likely N-dealkylation sites (N-methyl/N-ethyl adjacent to an activating group) is 1. The quantitative estimate of drug-likeness (QED) is 0.542. The third kappa shape index (κ3) is 1.01. The third-order valence-corrected chi connectivity index (χ3v) is 2.36. The number of aryl methyl sites for hydroxylation is 1. The SMILES string of the molecule is Cc1ccc2c(c1)CCN2C. The summed E-state index contributed by atoms with van der Waals surface area (Å²) in [5, 5.41) is 0. The Morgan fingerprint density at radius 1 is 1.36 bits per heavy atom. The summed E-state index contributed by atoms with van der Waals surface area (Å²) in [4.78, 5) is 2.31. The molecular formula is C10H13N. The van der Waals surface area contributed by atoms with Crippen molar-refractivity contribution in [2.24, 2.45) is 0 Å².